The summed E-state index contributed by atoms with van der Waals surface area (Å²) in [6, 6.07) is 17.2. The van der Waals surface area contributed by atoms with Crippen LogP contribution in [-0.4, -0.2) is 72.2 Å². The molecule has 4 N–H and O–H groups in total. The first-order valence-corrected chi connectivity index (χ1v) is 17.6. The number of ether oxygens (including phenoxy) is 2. The fraction of sp³-hybridized carbons (Fsp3) is 0.415. The maximum atomic E-state index is 12.2. The number of nitriles is 1. The summed E-state index contributed by atoms with van der Waals surface area (Å²) in [6.07, 6.45) is 5.08. The number of carbonyl (C=O) groups is 3. The maximum Gasteiger partial charge on any atom is 0.350 e. The second kappa shape index (κ2) is 24.4. The topological polar surface area (TPSA) is 204 Å². The molecule has 4 heterocycles. The van der Waals surface area contributed by atoms with Gasteiger partial charge in [-0.1, -0.05) is 79.3 Å². The van der Waals surface area contributed by atoms with E-state index in [0.717, 1.165) is 43.1 Å². The molecule has 304 valence electrons. The Balaban J connectivity index is 0.000000520. The number of unbranched alkanes of at least 4 members (excludes halogenated alkanes) is 2. The van der Waals surface area contributed by atoms with Crippen LogP contribution in [0.25, 0.3) is 0 Å². The number of nitrogens with zero attached hydrogens (tertiary/aromatic N) is 7. The average molecular weight is 784 g/mol. The number of ketones is 2. The lowest BCUT2D eigenvalue weighted by atomic mass is 10.0. The van der Waals surface area contributed by atoms with Gasteiger partial charge in [0.15, 0.2) is 11.6 Å². The van der Waals surface area contributed by atoms with Crippen LogP contribution in [0.4, 0.5) is 27.6 Å². The fourth-order valence-electron chi connectivity index (χ4n) is 5.83. The minimum atomic E-state index is 0. The zero-order valence-electron chi connectivity index (χ0n) is 30.5. The molecular formula is C41H55BFN9O5. The third-order valence-corrected chi connectivity index (χ3v) is 8.42. The van der Waals surface area contributed by atoms with Crippen molar-refractivity contribution in [2.75, 3.05) is 47.6 Å². The van der Waals surface area contributed by atoms with Crippen molar-refractivity contribution in [1.29, 1.82) is 5.26 Å². The van der Waals surface area contributed by atoms with Gasteiger partial charge in [0.1, 0.15) is 29.6 Å². The van der Waals surface area contributed by atoms with E-state index in [2.05, 4.69) is 48.0 Å². The Kier molecular flexibility index (Phi) is 21.0. The van der Waals surface area contributed by atoms with E-state index in [9.17, 15) is 14.4 Å². The minimum Gasteiger partial charge on any atom is -0.463 e. The van der Waals surface area contributed by atoms with Gasteiger partial charge in [-0.3, -0.25) is 14.4 Å². The Morgan fingerprint density at radius 1 is 0.772 bits per heavy atom. The third-order valence-electron chi connectivity index (χ3n) is 8.42. The Morgan fingerprint density at radius 3 is 1.67 bits per heavy atom. The zero-order chi connectivity index (χ0) is 39.0. The Hall–Kier alpha value is -6.11. The molecule has 0 fully saturated rings. The Labute approximate surface area is 337 Å². The molecule has 2 aliphatic rings. The van der Waals surface area contributed by atoms with Crippen molar-refractivity contribution in [3.8, 4) is 18.1 Å². The molecule has 0 saturated heterocycles. The number of halogens is 1. The standard InChI is InChI=1S/C19H21N5O2.C19H22N4O3.3CH4.BF/c1-2-3-7-26-19-22-17(21)16-9-15(25)12-24(18(16)23-19)11-14-6-4-5-13(8-14)10-20;1-2-3-7-26-19-21-17(20)16-9-15(25)11-23(18(16)22-19)10-13-5-4-6-14(8-13)12-24;;;;1-2/h4-6,8H,2-3,7,9,11-12H2,1H3,(H2,21,22,23);4-6,8,12H,2-3,7,9-11H2,1H3,(H2,20,21,22);3*1H4;. The average Bonchev–Trinajstić information content (AvgIpc) is 3.17. The van der Waals surface area contributed by atoms with Crippen LogP contribution >= 0.6 is 0 Å². The van der Waals surface area contributed by atoms with Crippen LogP contribution in [0.2, 0.25) is 0 Å². The van der Waals surface area contributed by atoms with Crippen LogP contribution in [0.5, 0.6) is 12.0 Å². The van der Waals surface area contributed by atoms with Gasteiger partial charge in [0.25, 0.3) is 0 Å². The fourth-order valence-corrected chi connectivity index (χ4v) is 5.83. The number of nitrogens with two attached hydrogens (primary N) is 2. The summed E-state index contributed by atoms with van der Waals surface area (Å²) in [6.45, 7) is 6.59. The van der Waals surface area contributed by atoms with Crippen molar-refractivity contribution < 1.29 is 28.2 Å². The van der Waals surface area contributed by atoms with Crippen LogP contribution in [0.1, 0.15) is 100.0 Å². The molecule has 0 amide bonds. The summed E-state index contributed by atoms with van der Waals surface area (Å²) in [4.78, 5) is 56.4. The molecule has 0 bridgehead atoms. The molecule has 4 aromatic rings. The molecular weight excluding hydrogens is 728 g/mol. The van der Waals surface area contributed by atoms with E-state index >= 15 is 0 Å². The number of carbonyl (C=O) groups excluding carboxylic acids is 3. The van der Waals surface area contributed by atoms with Crippen LogP contribution < -0.4 is 30.7 Å². The number of fused-ring (bicyclic) bond motifs is 2. The molecule has 0 spiro atoms. The van der Waals surface area contributed by atoms with Gasteiger partial charge < -0.3 is 35.1 Å². The summed E-state index contributed by atoms with van der Waals surface area (Å²) in [5, 5.41) is 9.07. The predicted molar refractivity (Wildman–Crippen MR) is 223 cm³/mol. The van der Waals surface area contributed by atoms with Crippen molar-refractivity contribution in [3.05, 3.63) is 81.9 Å². The number of aromatic nitrogens is 4. The van der Waals surface area contributed by atoms with Crippen molar-refractivity contribution in [2.45, 2.75) is 87.7 Å². The molecule has 2 aromatic carbocycles. The zero-order valence-corrected chi connectivity index (χ0v) is 30.5. The number of nitrogen functional groups attached to an aromatic ring is 2. The maximum absolute atomic E-state index is 12.2. The van der Waals surface area contributed by atoms with E-state index in [-0.39, 0.29) is 83.4 Å². The molecule has 2 aliphatic heterocycles. The Morgan fingerprint density at radius 2 is 1.23 bits per heavy atom. The van der Waals surface area contributed by atoms with E-state index in [0.29, 0.717) is 60.2 Å². The molecule has 14 nitrogen and oxygen atoms in total. The van der Waals surface area contributed by atoms with Crippen LogP contribution in [-0.2, 0) is 35.5 Å². The molecule has 0 unspecified atom stereocenters. The second-order valence-corrected chi connectivity index (χ2v) is 12.6. The lowest BCUT2D eigenvalue weighted by Gasteiger charge is -2.30. The van der Waals surface area contributed by atoms with Crippen molar-refractivity contribution in [3.63, 3.8) is 0 Å². The molecule has 2 radical (unpaired) electrons. The Bertz CT molecular complexity index is 1980. The second-order valence-electron chi connectivity index (χ2n) is 12.6. The smallest absolute Gasteiger partial charge is 0.350 e. The summed E-state index contributed by atoms with van der Waals surface area (Å²) < 4.78 is 20.2. The monoisotopic (exact) mass is 783 g/mol. The number of benzene rings is 2. The number of hydrogen-bond donors (Lipinski definition) is 2. The largest absolute Gasteiger partial charge is 0.463 e. The highest BCUT2D eigenvalue weighted by Crippen LogP contribution is 2.32. The van der Waals surface area contributed by atoms with E-state index in [4.69, 9.17) is 30.5 Å². The number of Topliss-reactive ketones (excluding diaryl/α,β-unsaturated/α-hetero) is 2. The van der Waals surface area contributed by atoms with Gasteiger partial charge in [0.2, 0.25) is 0 Å². The van der Waals surface area contributed by atoms with Gasteiger partial charge >= 0.3 is 20.1 Å². The van der Waals surface area contributed by atoms with Crippen molar-refractivity contribution >= 4 is 49.2 Å². The molecule has 0 atom stereocenters. The first-order chi connectivity index (χ1) is 26.2. The summed E-state index contributed by atoms with van der Waals surface area (Å²) in [5.74, 6) is 1.93. The first-order valence-electron chi connectivity index (χ1n) is 17.6. The molecule has 6 rings (SSSR count). The van der Waals surface area contributed by atoms with Gasteiger partial charge in [-0.15, -0.1) is 0 Å². The molecule has 16 heteroatoms. The lowest BCUT2D eigenvalue weighted by Crippen LogP contribution is -2.36. The van der Waals surface area contributed by atoms with E-state index in [1.54, 1.807) is 18.2 Å². The van der Waals surface area contributed by atoms with E-state index < -0.39 is 0 Å². The summed E-state index contributed by atoms with van der Waals surface area (Å²) >= 11 is 0. The lowest BCUT2D eigenvalue weighted by molar-refractivity contribution is -0.118. The number of anilines is 4. The highest BCUT2D eigenvalue weighted by Gasteiger charge is 2.29. The molecule has 0 saturated carbocycles. The SMILES string of the molecule is C.C.C.CCCCOc1nc(N)c2c(n1)N(Cc1cccc(C#N)c1)CC(=O)C2.CCCCOc1nc(N)c2c(n1)N(Cc1cccc(C=O)c1)CC(=O)C2.[B]F. The number of aldehydes is 1. The van der Waals surface area contributed by atoms with Gasteiger partial charge in [-0.25, -0.2) is 0 Å². The summed E-state index contributed by atoms with van der Waals surface area (Å²) in [5.41, 5.74) is 16.4. The third kappa shape index (κ3) is 13.6. The minimum absolute atomic E-state index is 0. The number of hydrogen-bond acceptors (Lipinski definition) is 14. The molecule has 2 aromatic heterocycles. The molecule has 0 aliphatic carbocycles. The van der Waals surface area contributed by atoms with E-state index in [1.165, 1.54) is 0 Å². The van der Waals surface area contributed by atoms with Crippen molar-refractivity contribution in [1.82, 2.24) is 19.9 Å². The van der Waals surface area contributed by atoms with Gasteiger partial charge in [0, 0.05) is 42.6 Å². The summed E-state index contributed by atoms with van der Waals surface area (Å²) in [7, 11) is 3.00. The quantitative estimate of drug-likeness (QED) is 0.0860. The highest BCUT2D eigenvalue weighted by atomic mass is 19.1. The highest BCUT2D eigenvalue weighted by molar-refractivity contribution is 5.96. The van der Waals surface area contributed by atoms with E-state index in [1.807, 2.05) is 40.1 Å². The number of rotatable bonds is 13. The van der Waals surface area contributed by atoms with Gasteiger partial charge in [0.05, 0.1) is 37.9 Å². The van der Waals surface area contributed by atoms with Crippen molar-refractivity contribution in [2.24, 2.45) is 0 Å². The molecule has 57 heavy (non-hydrogen) atoms. The van der Waals surface area contributed by atoms with Crippen LogP contribution in [0.3, 0.4) is 0 Å². The first kappa shape index (κ1) is 48.9. The predicted octanol–water partition coefficient (Wildman–Crippen LogP) is 6.37. The van der Waals surface area contributed by atoms with Gasteiger partial charge in [-0.2, -0.15) is 25.2 Å². The van der Waals surface area contributed by atoms with Crippen LogP contribution in [0, 0.1) is 11.3 Å². The van der Waals surface area contributed by atoms with Gasteiger partial charge in [-0.05, 0) is 42.2 Å². The van der Waals surface area contributed by atoms with Crippen LogP contribution in [0.15, 0.2) is 48.5 Å². The normalized spacial score (nSPS) is 12.2.